The van der Waals surface area contributed by atoms with Crippen molar-refractivity contribution >= 4 is 66.2 Å². The normalized spacial score (nSPS) is 13.9. The number of phosphoric acid groups is 1. The van der Waals surface area contributed by atoms with Gasteiger partial charge in [-0.1, -0.05) is 31.5 Å². The van der Waals surface area contributed by atoms with Crippen LogP contribution in [0, 0.1) is 36.5 Å². The largest absolute Gasteiger partial charge is 0.524 e. The number of nitrogens with one attached hydrogen (secondary N) is 1. The Morgan fingerprint density at radius 3 is 2.41 bits per heavy atom. The van der Waals surface area contributed by atoms with Crippen molar-refractivity contribution in [2.45, 2.75) is 59.4 Å². The molecule has 0 spiro atoms. The van der Waals surface area contributed by atoms with E-state index in [1.54, 1.807) is 53.7 Å². The highest BCUT2D eigenvalue weighted by Crippen LogP contribution is 2.45. The van der Waals surface area contributed by atoms with Gasteiger partial charge in [0, 0.05) is 43.7 Å². The van der Waals surface area contributed by atoms with Gasteiger partial charge in [0.15, 0.2) is 17.2 Å². The highest BCUT2D eigenvalue weighted by Gasteiger charge is 2.34. The fourth-order valence-corrected chi connectivity index (χ4v) is 7.62. The highest BCUT2D eigenvalue weighted by molar-refractivity contribution is 7.46. The van der Waals surface area contributed by atoms with Gasteiger partial charge in [-0.15, -0.1) is 5.10 Å². The number of rotatable bonds is 14. The van der Waals surface area contributed by atoms with Crippen molar-refractivity contribution < 1.29 is 42.7 Å². The molecule has 0 radical (unpaired) electrons. The predicted molar refractivity (Wildman–Crippen MR) is 214 cm³/mol. The van der Waals surface area contributed by atoms with E-state index in [0.717, 1.165) is 4.90 Å². The summed E-state index contributed by atoms with van der Waals surface area (Å²) in [6, 6.07) is 9.67. The van der Waals surface area contributed by atoms with Crippen molar-refractivity contribution in [3.8, 4) is 17.9 Å². The molecule has 2 aromatic carbocycles. The number of anilines is 4. The van der Waals surface area contributed by atoms with Crippen LogP contribution in [0.5, 0.6) is 5.75 Å². The average molecular weight is 852 g/mol. The molecule has 1 aliphatic heterocycles. The van der Waals surface area contributed by atoms with Crippen LogP contribution in [0.25, 0.3) is 5.65 Å². The summed E-state index contributed by atoms with van der Waals surface area (Å²) in [4.78, 5) is 71.9. The zero-order chi connectivity index (χ0) is 43.4. The van der Waals surface area contributed by atoms with E-state index >= 15 is 0 Å². The van der Waals surface area contributed by atoms with E-state index in [4.69, 9.17) is 31.3 Å². The molecule has 5 N–H and O–H groups in total. The Morgan fingerprint density at radius 2 is 1.80 bits per heavy atom. The van der Waals surface area contributed by atoms with Gasteiger partial charge in [0.2, 0.25) is 12.7 Å². The van der Waals surface area contributed by atoms with Crippen LogP contribution in [0.2, 0.25) is 5.02 Å². The first kappa shape index (κ1) is 44.1. The number of fused-ring (bicyclic) bond motifs is 1. The van der Waals surface area contributed by atoms with Crippen LogP contribution < -0.4 is 25.4 Å². The number of imidazole rings is 1. The second-order valence-corrected chi connectivity index (χ2v) is 15.8. The van der Waals surface area contributed by atoms with Crippen molar-refractivity contribution in [2.75, 3.05) is 54.6 Å². The van der Waals surface area contributed by atoms with E-state index in [1.165, 1.54) is 22.8 Å². The number of nitrogens with two attached hydrogens (primary N) is 1. The summed E-state index contributed by atoms with van der Waals surface area (Å²) in [5.74, 6) is -1.61. The number of nitriles is 2. The third kappa shape index (κ3) is 9.99. The number of carbonyl (C=O) groups is 3. The number of primary amides is 1. The summed E-state index contributed by atoms with van der Waals surface area (Å²) in [5.41, 5.74) is 6.65. The highest BCUT2D eigenvalue weighted by atomic mass is 35.5. The predicted octanol–water partition coefficient (Wildman–Crippen LogP) is 4.18. The van der Waals surface area contributed by atoms with Crippen LogP contribution in [-0.2, 0) is 29.0 Å². The lowest BCUT2D eigenvalue weighted by atomic mass is 9.78. The molecule has 312 valence electrons. The molecule has 1 saturated heterocycles. The monoisotopic (exact) mass is 851 g/mol. The zero-order valence-corrected chi connectivity index (χ0v) is 34.7. The molecular weight excluding hydrogens is 809 g/mol. The second kappa shape index (κ2) is 17.9. The molecule has 5 rings (SSSR count). The fraction of sp³-hybridized carbons (Fsp3) is 0.405. The Hall–Kier alpha value is -6.02. The number of halogens is 1. The minimum Gasteiger partial charge on any atom is -0.428 e. The van der Waals surface area contributed by atoms with Crippen molar-refractivity contribution in [2.24, 2.45) is 5.73 Å². The summed E-state index contributed by atoms with van der Waals surface area (Å²) in [5, 5.41) is 27.4. The molecule has 2 aromatic heterocycles. The maximum Gasteiger partial charge on any atom is 0.524 e. The summed E-state index contributed by atoms with van der Waals surface area (Å²) >= 11 is 7.08. The molecule has 0 unspecified atom stereocenters. The first-order valence-electron chi connectivity index (χ1n) is 18.2. The number of hydrogen-bond donors (Lipinski definition) is 4. The summed E-state index contributed by atoms with van der Waals surface area (Å²) < 4.78 is 28.8. The van der Waals surface area contributed by atoms with E-state index in [0.29, 0.717) is 55.1 Å². The lowest BCUT2D eigenvalue weighted by Gasteiger charge is -2.38. The third-order valence-electron chi connectivity index (χ3n) is 9.54. The van der Waals surface area contributed by atoms with Crippen LogP contribution in [0.1, 0.15) is 62.1 Å². The van der Waals surface area contributed by atoms with Gasteiger partial charge in [0.25, 0.3) is 5.95 Å². The van der Waals surface area contributed by atoms with E-state index in [-0.39, 0.29) is 51.6 Å². The molecule has 4 aromatic rings. The number of benzene rings is 2. The maximum atomic E-state index is 14.2. The van der Waals surface area contributed by atoms with E-state index in [9.17, 15) is 39.3 Å². The number of phosphoric ester groups is 1. The number of nitrogens with zero attached hydrogens (tertiary/aromatic N) is 9. The average Bonchev–Trinajstić information content (AvgIpc) is 3.57. The number of amides is 2. The van der Waals surface area contributed by atoms with Crippen LogP contribution in [0.4, 0.5) is 27.9 Å². The quantitative estimate of drug-likeness (QED) is 0.0787. The number of aromatic nitrogens is 4. The number of aryl methyl sites for hydroxylation is 2. The lowest BCUT2D eigenvalue weighted by molar-refractivity contribution is -0.153. The van der Waals surface area contributed by atoms with Gasteiger partial charge in [-0.25, -0.2) is 19.2 Å². The molecule has 0 bridgehead atoms. The summed E-state index contributed by atoms with van der Waals surface area (Å²) in [6.45, 7) is 11.3. The molecule has 2 amide bonds. The van der Waals surface area contributed by atoms with E-state index < -0.39 is 44.0 Å². The molecule has 3 heterocycles. The lowest BCUT2D eigenvalue weighted by Crippen LogP contribution is -2.53. The number of ether oxygens (including phenoxy) is 2. The minimum atomic E-state index is -4.96. The topological polar surface area (TPSA) is 275 Å². The standard InChI is InChI=1S/C37H43ClN11O9P/c1-7-42-33-34-43-19-25(18-40)49(34)45-35(44-33)48(27-15-24(17-39)14-26(31(27)38)47-10-8-46(9-11-47)23(4)32(41)51)36(52)57-20-56-29(50)16-37(5,6)30-22(3)12-21(2)13-28(30)58-59(53,54)55/h12-15,19,23H,7-11,16,20H2,1-6H3,(H2,41,51)(H,42,44,45)(H2,53,54,55)/t23-/m0/s1. The number of carbonyl (C=O) groups excluding carboxylic acids is 3. The van der Waals surface area contributed by atoms with E-state index in [1.807, 2.05) is 15.9 Å². The van der Waals surface area contributed by atoms with Gasteiger partial charge < -0.3 is 29.9 Å². The molecular formula is C37H43ClN11O9P. The molecule has 22 heteroatoms. The Morgan fingerprint density at radius 1 is 1.10 bits per heavy atom. The molecule has 1 atom stereocenters. The Kier molecular flexibility index (Phi) is 13.3. The maximum absolute atomic E-state index is 14.2. The van der Waals surface area contributed by atoms with Crippen LogP contribution in [-0.4, -0.2) is 97.8 Å². The number of esters is 1. The van der Waals surface area contributed by atoms with Crippen LogP contribution in [0.15, 0.2) is 30.5 Å². The summed E-state index contributed by atoms with van der Waals surface area (Å²) in [6.07, 6.45) is -0.242. The van der Waals surface area contributed by atoms with Crippen LogP contribution in [0.3, 0.4) is 0 Å². The van der Waals surface area contributed by atoms with Crippen molar-refractivity contribution in [1.29, 1.82) is 10.5 Å². The third-order valence-corrected chi connectivity index (χ3v) is 10.4. The van der Waals surface area contributed by atoms with Gasteiger partial charge in [-0.3, -0.25) is 24.3 Å². The Bertz CT molecular complexity index is 2420. The molecule has 20 nitrogen and oxygen atoms in total. The van der Waals surface area contributed by atoms with Crippen molar-refractivity contribution in [3.63, 3.8) is 0 Å². The smallest absolute Gasteiger partial charge is 0.428 e. The van der Waals surface area contributed by atoms with Crippen molar-refractivity contribution in [1.82, 2.24) is 24.5 Å². The zero-order valence-electron chi connectivity index (χ0n) is 33.1. The van der Waals surface area contributed by atoms with Gasteiger partial charge >= 0.3 is 19.9 Å². The molecule has 1 fully saturated rings. The molecule has 59 heavy (non-hydrogen) atoms. The first-order valence-corrected chi connectivity index (χ1v) is 20.1. The van der Waals surface area contributed by atoms with Gasteiger partial charge in [0.05, 0.1) is 46.7 Å². The molecule has 0 saturated carbocycles. The van der Waals surface area contributed by atoms with Crippen molar-refractivity contribution in [3.05, 3.63) is 63.4 Å². The minimum absolute atomic E-state index is 0.00211. The molecule has 1 aliphatic rings. The fourth-order valence-electron chi connectivity index (χ4n) is 6.90. The molecule has 0 aliphatic carbocycles. The van der Waals surface area contributed by atoms with Crippen LogP contribution >= 0.6 is 19.4 Å². The van der Waals surface area contributed by atoms with Gasteiger partial charge in [-0.2, -0.15) is 20.0 Å². The first-order chi connectivity index (χ1) is 27.8. The summed E-state index contributed by atoms with van der Waals surface area (Å²) in [7, 11) is -4.96. The van der Waals surface area contributed by atoms with Gasteiger partial charge in [-0.05, 0) is 57.0 Å². The van der Waals surface area contributed by atoms with Gasteiger partial charge in [0.1, 0.15) is 11.8 Å². The van der Waals surface area contributed by atoms with E-state index in [2.05, 4.69) is 26.5 Å². The SMILES string of the molecule is CCNc1nc(N(C(=O)OCOC(=O)CC(C)(C)c2c(C)cc(C)cc2OP(=O)(O)O)c2cc(C#N)cc(N3CCN([C@@H](C)C(N)=O)CC3)c2Cl)nn2c(C#N)cnc12. The Labute approximate surface area is 344 Å². The Balaban J connectivity index is 1.48. The second-order valence-electron chi connectivity index (χ2n) is 14.3. The number of hydrogen-bond acceptors (Lipinski definition) is 15. The number of piperazine rings is 1.